The van der Waals surface area contributed by atoms with Gasteiger partial charge >= 0.3 is 0 Å². The minimum absolute atomic E-state index is 0.843. The van der Waals surface area contributed by atoms with E-state index in [9.17, 15) is 0 Å². The summed E-state index contributed by atoms with van der Waals surface area (Å²) in [4.78, 5) is 0. The van der Waals surface area contributed by atoms with Crippen molar-refractivity contribution in [1.82, 2.24) is 0 Å². The van der Waals surface area contributed by atoms with E-state index in [4.69, 9.17) is 5.73 Å². The quantitative estimate of drug-likeness (QED) is 0.529. The second-order valence-electron chi connectivity index (χ2n) is 3.85. The molecule has 2 N–H and O–H groups in total. The highest BCUT2D eigenvalue weighted by Crippen LogP contribution is 2.47. The maximum Gasteiger partial charge on any atom is 0.0320 e. The molecule has 0 aromatic heterocycles. The molecule has 0 fully saturated rings. The molecule has 0 unspecified atom stereocenters. The lowest BCUT2D eigenvalue weighted by molar-refractivity contribution is 1.43. The number of anilines is 1. The molecule has 0 amide bonds. The van der Waals surface area contributed by atoms with Crippen LogP contribution in [-0.4, -0.2) is 0 Å². The van der Waals surface area contributed by atoms with Crippen molar-refractivity contribution in [3.63, 3.8) is 0 Å². The third-order valence-electron chi connectivity index (χ3n) is 2.80. The maximum absolute atomic E-state index is 5.76. The van der Waals surface area contributed by atoms with Gasteiger partial charge in [0.05, 0.1) is 0 Å². The number of hydrogen-bond donors (Lipinski definition) is 1. The molecule has 0 saturated carbocycles. The van der Waals surface area contributed by atoms with E-state index >= 15 is 0 Å². The summed E-state index contributed by atoms with van der Waals surface area (Å²) in [6, 6.07) is 12.7. The molecule has 68 valence electrons. The van der Waals surface area contributed by atoms with Crippen LogP contribution in [0, 0.1) is 6.92 Å². The molecule has 0 aliphatic heterocycles. The molecule has 14 heavy (non-hydrogen) atoms. The minimum atomic E-state index is 0.843. The highest BCUT2D eigenvalue weighted by molar-refractivity contribution is 6.03. The van der Waals surface area contributed by atoms with Crippen molar-refractivity contribution in [3.05, 3.63) is 42.0 Å². The van der Waals surface area contributed by atoms with Gasteiger partial charge in [-0.25, -0.2) is 0 Å². The van der Waals surface area contributed by atoms with E-state index in [-0.39, 0.29) is 0 Å². The number of nitrogens with two attached hydrogens (primary N) is 1. The Bertz CT molecular complexity index is 477. The Morgan fingerprint density at radius 3 is 2.21 bits per heavy atom. The smallest absolute Gasteiger partial charge is 0.0320 e. The van der Waals surface area contributed by atoms with E-state index in [1.165, 1.54) is 27.8 Å². The Balaban J connectivity index is 2.26. The monoisotopic (exact) mass is 181 g/mol. The van der Waals surface area contributed by atoms with Crippen molar-refractivity contribution in [2.24, 2.45) is 0 Å². The molecule has 0 heterocycles. The SMILES string of the molecule is Cc1ccc2c(c1)-c1cc(N)ccc1-2. The predicted molar refractivity (Wildman–Crippen MR) is 60.0 cm³/mol. The van der Waals surface area contributed by atoms with Crippen LogP contribution in [0.15, 0.2) is 36.4 Å². The van der Waals surface area contributed by atoms with E-state index < -0.39 is 0 Å². The van der Waals surface area contributed by atoms with E-state index in [1.807, 2.05) is 6.07 Å². The Hall–Kier alpha value is -1.76. The zero-order chi connectivity index (χ0) is 9.71. The Morgan fingerprint density at radius 1 is 0.786 bits per heavy atom. The molecule has 1 aliphatic carbocycles. The molecule has 0 saturated heterocycles. The van der Waals surface area contributed by atoms with Gasteiger partial charge in [-0.2, -0.15) is 0 Å². The van der Waals surface area contributed by atoms with Crippen molar-refractivity contribution >= 4 is 5.69 Å². The topological polar surface area (TPSA) is 26.0 Å². The minimum Gasteiger partial charge on any atom is -0.399 e. The lowest BCUT2D eigenvalue weighted by Gasteiger charge is -2.24. The first-order valence-electron chi connectivity index (χ1n) is 4.76. The fourth-order valence-corrected chi connectivity index (χ4v) is 2.07. The van der Waals surface area contributed by atoms with Gasteiger partial charge in [-0.05, 0) is 41.3 Å². The number of benzene rings is 2. The van der Waals surface area contributed by atoms with Gasteiger partial charge in [-0.1, -0.05) is 29.8 Å². The van der Waals surface area contributed by atoms with Crippen LogP contribution in [0.1, 0.15) is 5.56 Å². The molecule has 1 aliphatic rings. The first-order chi connectivity index (χ1) is 6.75. The molecule has 2 aromatic carbocycles. The number of rotatable bonds is 0. The van der Waals surface area contributed by atoms with Gasteiger partial charge in [0.15, 0.2) is 0 Å². The summed E-state index contributed by atoms with van der Waals surface area (Å²) in [6.45, 7) is 2.12. The first kappa shape index (κ1) is 7.63. The third-order valence-corrected chi connectivity index (χ3v) is 2.80. The molecular formula is C13H11N. The van der Waals surface area contributed by atoms with Crippen molar-refractivity contribution in [2.75, 3.05) is 5.73 Å². The van der Waals surface area contributed by atoms with E-state index in [0.717, 1.165) is 5.69 Å². The number of nitrogen functional groups attached to an aromatic ring is 1. The summed E-state index contributed by atoms with van der Waals surface area (Å²) < 4.78 is 0. The van der Waals surface area contributed by atoms with Crippen molar-refractivity contribution in [2.45, 2.75) is 6.92 Å². The van der Waals surface area contributed by atoms with Crippen LogP contribution in [0.3, 0.4) is 0 Å². The molecule has 3 rings (SSSR count). The van der Waals surface area contributed by atoms with E-state index in [1.54, 1.807) is 0 Å². The van der Waals surface area contributed by atoms with Gasteiger partial charge in [0.25, 0.3) is 0 Å². The van der Waals surface area contributed by atoms with Gasteiger partial charge in [0.2, 0.25) is 0 Å². The van der Waals surface area contributed by atoms with Crippen LogP contribution in [0.4, 0.5) is 5.69 Å². The van der Waals surface area contributed by atoms with Crippen LogP contribution in [0.5, 0.6) is 0 Å². The molecule has 2 aromatic rings. The second kappa shape index (κ2) is 2.38. The van der Waals surface area contributed by atoms with Crippen molar-refractivity contribution in [1.29, 1.82) is 0 Å². The zero-order valence-corrected chi connectivity index (χ0v) is 8.04. The average molecular weight is 181 g/mol. The fourth-order valence-electron chi connectivity index (χ4n) is 2.07. The van der Waals surface area contributed by atoms with Crippen LogP contribution in [-0.2, 0) is 0 Å². The lowest BCUT2D eigenvalue weighted by atomic mass is 9.80. The normalized spacial score (nSPS) is 11.5. The molecule has 1 heteroatoms. The number of hydrogen-bond acceptors (Lipinski definition) is 1. The zero-order valence-electron chi connectivity index (χ0n) is 8.04. The molecule has 1 nitrogen and oxygen atoms in total. The highest BCUT2D eigenvalue weighted by atomic mass is 14.5. The van der Waals surface area contributed by atoms with E-state index in [0.29, 0.717) is 0 Å². The predicted octanol–water partition coefficient (Wildman–Crippen LogP) is 3.22. The van der Waals surface area contributed by atoms with Gasteiger partial charge in [0.1, 0.15) is 0 Å². The summed E-state index contributed by atoms with van der Waals surface area (Å²) in [5, 5.41) is 0. The van der Waals surface area contributed by atoms with Crippen LogP contribution in [0.2, 0.25) is 0 Å². The van der Waals surface area contributed by atoms with Crippen LogP contribution >= 0.6 is 0 Å². The van der Waals surface area contributed by atoms with Gasteiger partial charge in [-0.15, -0.1) is 0 Å². The summed E-state index contributed by atoms with van der Waals surface area (Å²) in [7, 11) is 0. The second-order valence-corrected chi connectivity index (χ2v) is 3.85. The Labute approximate surface area is 83.2 Å². The Kier molecular flexibility index (Phi) is 1.30. The third kappa shape index (κ3) is 0.841. The lowest BCUT2D eigenvalue weighted by Crippen LogP contribution is -2.00. The molecule has 0 spiro atoms. The van der Waals surface area contributed by atoms with Gasteiger partial charge < -0.3 is 5.73 Å². The number of aryl methyl sites for hydroxylation is 1. The summed E-state index contributed by atoms with van der Waals surface area (Å²) >= 11 is 0. The molecule has 0 atom stereocenters. The van der Waals surface area contributed by atoms with Gasteiger partial charge in [-0.3, -0.25) is 0 Å². The first-order valence-corrected chi connectivity index (χ1v) is 4.76. The van der Waals surface area contributed by atoms with Crippen molar-refractivity contribution in [3.8, 4) is 22.3 Å². The Morgan fingerprint density at radius 2 is 1.43 bits per heavy atom. The fraction of sp³-hybridized carbons (Fsp3) is 0.0769. The molecular weight excluding hydrogens is 170 g/mol. The average Bonchev–Trinajstić information content (AvgIpc) is 2.17. The number of fused-ring (bicyclic) bond motifs is 4. The molecule has 0 radical (unpaired) electrons. The largest absolute Gasteiger partial charge is 0.399 e. The standard InChI is InChI=1S/C13H11N/c1-8-2-4-10-11-5-3-9(14)7-13(11)12(10)6-8/h2-7H,14H2,1H3. The summed E-state index contributed by atoms with van der Waals surface area (Å²) in [5.41, 5.74) is 13.2. The maximum atomic E-state index is 5.76. The highest BCUT2D eigenvalue weighted by Gasteiger charge is 2.21. The van der Waals surface area contributed by atoms with Crippen molar-refractivity contribution < 1.29 is 0 Å². The van der Waals surface area contributed by atoms with E-state index in [2.05, 4.69) is 37.3 Å². The summed E-state index contributed by atoms with van der Waals surface area (Å²) in [5.74, 6) is 0. The summed E-state index contributed by atoms with van der Waals surface area (Å²) in [6.07, 6.45) is 0. The molecule has 0 bridgehead atoms. The van der Waals surface area contributed by atoms with Crippen LogP contribution < -0.4 is 5.73 Å². The van der Waals surface area contributed by atoms with Gasteiger partial charge in [0, 0.05) is 5.69 Å². The van der Waals surface area contributed by atoms with Crippen LogP contribution in [0.25, 0.3) is 22.3 Å².